The lowest BCUT2D eigenvalue weighted by Crippen LogP contribution is -2.58. The minimum absolute atomic E-state index is 0.00359. The molecule has 1 fully saturated rings. The molecule has 1 aliphatic carbocycles. The van der Waals surface area contributed by atoms with Gasteiger partial charge < -0.3 is 9.80 Å². The van der Waals surface area contributed by atoms with Crippen LogP contribution in [0.4, 0.5) is 5.69 Å². The lowest BCUT2D eigenvalue weighted by Gasteiger charge is -2.40. The Labute approximate surface area is 136 Å². The zero-order valence-corrected chi connectivity index (χ0v) is 14.3. The molecule has 1 aromatic carbocycles. The smallest absolute Gasteiger partial charge is 0.282 e. The largest absolute Gasteiger partial charge is 0.320 e. The van der Waals surface area contributed by atoms with Gasteiger partial charge in [-0.2, -0.15) is 0 Å². The molecule has 1 amide bonds. The van der Waals surface area contributed by atoms with Crippen LogP contribution in [0, 0.1) is 0 Å². The highest BCUT2D eigenvalue weighted by Crippen LogP contribution is 2.30. The van der Waals surface area contributed by atoms with Crippen LogP contribution in [-0.2, 0) is 4.79 Å². The molecule has 0 aromatic heterocycles. The van der Waals surface area contributed by atoms with E-state index in [1.807, 2.05) is 6.92 Å². The van der Waals surface area contributed by atoms with Crippen LogP contribution in [0.3, 0.4) is 0 Å². The molecule has 116 valence electrons. The zero-order valence-electron chi connectivity index (χ0n) is 12.8. The first-order valence-electron chi connectivity index (χ1n) is 7.41. The summed E-state index contributed by atoms with van der Waals surface area (Å²) in [5, 5.41) is 3.95. The van der Waals surface area contributed by atoms with Gasteiger partial charge in [0, 0.05) is 5.02 Å². The Morgan fingerprint density at radius 2 is 1.90 bits per heavy atom. The van der Waals surface area contributed by atoms with E-state index in [0.717, 1.165) is 4.48 Å². The Balaban J connectivity index is 2.08. The second-order valence-corrected chi connectivity index (χ2v) is 7.20. The summed E-state index contributed by atoms with van der Waals surface area (Å²) in [6.07, 6.45) is 4.94. The van der Waals surface area contributed by atoms with E-state index in [4.69, 9.17) is 23.2 Å². The molecule has 1 saturated carbocycles. The van der Waals surface area contributed by atoms with E-state index in [9.17, 15) is 4.79 Å². The van der Waals surface area contributed by atoms with Crippen LogP contribution in [0.25, 0.3) is 0 Å². The summed E-state index contributed by atoms with van der Waals surface area (Å²) in [4.78, 5) is 12.5. The van der Waals surface area contributed by atoms with Gasteiger partial charge in [-0.15, -0.1) is 0 Å². The molecule has 0 bridgehead atoms. The molecule has 0 spiro atoms. The lowest BCUT2D eigenvalue weighted by atomic mass is 10.1. The van der Waals surface area contributed by atoms with E-state index in [-0.39, 0.29) is 11.9 Å². The monoisotopic (exact) mass is 329 g/mol. The van der Waals surface area contributed by atoms with Gasteiger partial charge in [0.15, 0.2) is 6.04 Å². The maximum Gasteiger partial charge on any atom is 0.282 e. The summed E-state index contributed by atoms with van der Waals surface area (Å²) in [5.74, 6) is -0.00359. The van der Waals surface area contributed by atoms with E-state index >= 15 is 0 Å². The minimum Gasteiger partial charge on any atom is -0.320 e. The number of carbonyl (C=O) groups excluding carboxylic acids is 1. The third kappa shape index (κ3) is 3.71. The van der Waals surface area contributed by atoms with Gasteiger partial charge in [-0.1, -0.05) is 23.2 Å². The highest BCUT2D eigenvalue weighted by molar-refractivity contribution is 6.36. The Kier molecular flexibility index (Phi) is 5.18. The Hall–Kier alpha value is -0.770. The molecule has 0 radical (unpaired) electrons. The fourth-order valence-electron chi connectivity index (χ4n) is 3.02. The zero-order chi connectivity index (χ0) is 15.6. The summed E-state index contributed by atoms with van der Waals surface area (Å²) in [6.45, 7) is 1.98. The van der Waals surface area contributed by atoms with Crippen LogP contribution in [0.5, 0.6) is 0 Å². The average molecular weight is 330 g/mol. The van der Waals surface area contributed by atoms with Crippen molar-refractivity contribution in [2.24, 2.45) is 0 Å². The predicted octanol–water partition coefficient (Wildman–Crippen LogP) is 4.34. The molecule has 1 atom stereocenters. The van der Waals surface area contributed by atoms with Crippen LogP contribution >= 0.6 is 23.2 Å². The number of hydrogen-bond acceptors (Lipinski definition) is 1. The number of likely N-dealkylation sites (N-methyl/N-ethyl adjacent to an activating group) is 1. The van der Waals surface area contributed by atoms with E-state index < -0.39 is 0 Å². The summed E-state index contributed by atoms with van der Waals surface area (Å²) in [6, 6.07) is 5.54. The lowest BCUT2D eigenvalue weighted by molar-refractivity contribution is -0.927. The molecule has 0 saturated heterocycles. The second kappa shape index (κ2) is 6.55. The number of nitrogens with one attached hydrogen (secondary N) is 1. The van der Waals surface area contributed by atoms with E-state index in [2.05, 4.69) is 19.4 Å². The van der Waals surface area contributed by atoms with Gasteiger partial charge in [0.05, 0.1) is 30.8 Å². The van der Waals surface area contributed by atoms with Crippen molar-refractivity contribution in [3.63, 3.8) is 0 Å². The van der Waals surface area contributed by atoms with Crippen LogP contribution in [0.1, 0.15) is 32.6 Å². The summed E-state index contributed by atoms with van der Waals surface area (Å²) in [5.41, 5.74) is 0.615. The first-order chi connectivity index (χ1) is 9.82. The third-order valence-corrected chi connectivity index (χ3v) is 5.38. The Morgan fingerprint density at radius 3 is 2.48 bits per heavy atom. The molecular weight excluding hydrogens is 307 g/mol. The number of nitrogens with zero attached hydrogens (tertiary/aromatic N) is 1. The number of benzene rings is 1. The van der Waals surface area contributed by atoms with Crippen LogP contribution in [-0.4, -0.2) is 36.6 Å². The van der Waals surface area contributed by atoms with Crippen LogP contribution < -0.4 is 5.32 Å². The minimum atomic E-state index is -0.125. The molecule has 2 rings (SSSR count). The number of hydrogen-bond donors (Lipinski definition) is 1. The molecule has 1 N–H and O–H groups in total. The van der Waals surface area contributed by atoms with E-state index in [1.54, 1.807) is 18.2 Å². The van der Waals surface area contributed by atoms with Crippen molar-refractivity contribution < 1.29 is 9.28 Å². The second-order valence-electron chi connectivity index (χ2n) is 6.36. The molecule has 3 nitrogen and oxygen atoms in total. The van der Waals surface area contributed by atoms with Gasteiger partial charge in [0.25, 0.3) is 5.91 Å². The van der Waals surface area contributed by atoms with Crippen molar-refractivity contribution in [3.05, 3.63) is 28.2 Å². The van der Waals surface area contributed by atoms with Gasteiger partial charge in [-0.3, -0.25) is 4.79 Å². The predicted molar refractivity (Wildman–Crippen MR) is 88.9 cm³/mol. The number of quaternary nitrogens is 1. The topological polar surface area (TPSA) is 29.1 Å². The maximum atomic E-state index is 12.5. The highest BCUT2D eigenvalue weighted by atomic mass is 35.5. The fraction of sp³-hybridized carbons (Fsp3) is 0.562. The van der Waals surface area contributed by atoms with Gasteiger partial charge in [0.1, 0.15) is 0 Å². The number of anilines is 1. The van der Waals surface area contributed by atoms with Crippen molar-refractivity contribution in [2.75, 3.05) is 19.4 Å². The van der Waals surface area contributed by atoms with Gasteiger partial charge in [0.2, 0.25) is 0 Å². The Morgan fingerprint density at radius 1 is 1.29 bits per heavy atom. The SMILES string of the molecule is C[C@H](C(=O)Nc1ccc(Cl)cc1Cl)[N+](C)(C)C1CCCC1. The molecule has 5 heteroatoms. The molecular formula is C16H23Cl2N2O+. The first kappa shape index (κ1) is 16.6. The normalized spacial score (nSPS) is 17.8. The number of halogens is 2. The van der Waals surface area contributed by atoms with Crippen molar-refractivity contribution in [2.45, 2.75) is 44.7 Å². The average Bonchev–Trinajstić information content (AvgIpc) is 2.95. The highest BCUT2D eigenvalue weighted by Gasteiger charge is 2.39. The molecule has 0 unspecified atom stereocenters. The van der Waals surface area contributed by atoms with Gasteiger partial charge in [-0.05, 0) is 50.8 Å². The van der Waals surface area contributed by atoms with Gasteiger partial charge in [-0.25, -0.2) is 0 Å². The van der Waals surface area contributed by atoms with Crippen molar-refractivity contribution in [3.8, 4) is 0 Å². The first-order valence-corrected chi connectivity index (χ1v) is 8.17. The maximum absolute atomic E-state index is 12.5. The van der Waals surface area contributed by atoms with E-state index in [1.165, 1.54) is 25.7 Å². The van der Waals surface area contributed by atoms with Crippen LogP contribution in [0.15, 0.2) is 18.2 Å². The molecule has 1 aromatic rings. The number of carbonyl (C=O) groups is 1. The molecule has 0 aliphatic heterocycles. The Bertz CT molecular complexity index is 525. The van der Waals surface area contributed by atoms with Crippen molar-refractivity contribution in [1.82, 2.24) is 0 Å². The quantitative estimate of drug-likeness (QED) is 0.818. The molecule has 0 heterocycles. The molecule has 21 heavy (non-hydrogen) atoms. The number of rotatable bonds is 4. The summed E-state index contributed by atoms with van der Waals surface area (Å²) >= 11 is 12.0. The third-order valence-electron chi connectivity index (χ3n) is 4.83. The standard InChI is InChI=1S/C16H22Cl2N2O/c1-11(20(2,3)13-6-4-5-7-13)16(21)19-15-9-8-12(17)10-14(15)18/h8-11,13H,4-7H2,1-3H3/p+1/t11-/m1/s1. The number of amides is 1. The fourth-order valence-corrected chi connectivity index (χ4v) is 3.47. The van der Waals surface area contributed by atoms with E-state index in [0.29, 0.717) is 21.8 Å². The van der Waals surface area contributed by atoms with Crippen LogP contribution in [0.2, 0.25) is 10.0 Å². The van der Waals surface area contributed by atoms with Crippen molar-refractivity contribution >= 4 is 34.8 Å². The summed E-state index contributed by atoms with van der Waals surface area (Å²) < 4.78 is 0.719. The summed E-state index contributed by atoms with van der Waals surface area (Å²) in [7, 11) is 4.29. The van der Waals surface area contributed by atoms with Gasteiger partial charge >= 0.3 is 0 Å². The molecule has 1 aliphatic rings. The van der Waals surface area contributed by atoms with Crippen molar-refractivity contribution in [1.29, 1.82) is 0 Å².